The summed E-state index contributed by atoms with van der Waals surface area (Å²) in [6.07, 6.45) is 1.29. The van der Waals surface area contributed by atoms with Crippen LogP contribution in [0.4, 0.5) is 4.79 Å². The van der Waals surface area contributed by atoms with Gasteiger partial charge in [-0.2, -0.15) is 0 Å². The van der Waals surface area contributed by atoms with Crippen molar-refractivity contribution in [2.24, 2.45) is 4.99 Å². The first kappa shape index (κ1) is 20.5. The number of piperidine rings is 1. The quantitative estimate of drug-likeness (QED) is 0.222. The molecule has 2 fully saturated rings. The highest BCUT2D eigenvalue weighted by Gasteiger charge is 2.27. The van der Waals surface area contributed by atoms with E-state index in [9.17, 15) is 14.4 Å². The fourth-order valence-corrected chi connectivity index (χ4v) is 2.59. The van der Waals surface area contributed by atoms with Crippen LogP contribution in [0.3, 0.4) is 0 Å². The number of urea groups is 1. The highest BCUT2D eigenvalue weighted by atomic mass is 127. The Balaban J connectivity index is 0.00000288. The van der Waals surface area contributed by atoms with Crippen molar-refractivity contribution in [3.05, 3.63) is 0 Å². The molecule has 1 unspecified atom stereocenters. The maximum atomic E-state index is 11.5. The van der Waals surface area contributed by atoms with Gasteiger partial charge < -0.3 is 20.9 Å². The van der Waals surface area contributed by atoms with Gasteiger partial charge in [0.05, 0.1) is 19.6 Å². The first-order chi connectivity index (χ1) is 11.0. The van der Waals surface area contributed by atoms with E-state index in [4.69, 9.17) is 0 Å². The summed E-state index contributed by atoms with van der Waals surface area (Å²) in [5, 5.41) is 8.91. The maximum absolute atomic E-state index is 11.5. The Kier molecular flexibility index (Phi) is 8.22. The number of hydrogen-bond acceptors (Lipinski definition) is 4. The summed E-state index contributed by atoms with van der Waals surface area (Å²) < 4.78 is 0. The number of rotatable bonds is 5. The zero-order valence-corrected chi connectivity index (χ0v) is 16.3. The molecule has 0 bridgehead atoms. The molecule has 10 heteroatoms. The Hall–Kier alpha value is -1.59. The van der Waals surface area contributed by atoms with Crippen molar-refractivity contribution in [3.8, 4) is 0 Å². The number of nitrogens with zero attached hydrogens (tertiary/aromatic N) is 3. The number of amides is 4. The van der Waals surface area contributed by atoms with E-state index in [1.165, 1.54) is 4.90 Å². The molecule has 0 aromatic rings. The molecule has 2 rings (SSSR count). The van der Waals surface area contributed by atoms with Crippen molar-refractivity contribution in [1.82, 2.24) is 25.8 Å². The van der Waals surface area contributed by atoms with Gasteiger partial charge in [-0.3, -0.25) is 19.5 Å². The Morgan fingerprint density at radius 2 is 2.08 bits per heavy atom. The van der Waals surface area contributed by atoms with Crippen LogP contribution in [0, 0.1) is 0 Å². The van der Waals surface area contributed by atoms with Crippen molar-refractivity contribution in [3.63, 3.8) is 0 Å². The van der Waals surface area contributed by atoms with Crippen molar-refractivity contribution in [2.75, 3.05) is 39.8 Å². The molecule has 4 amide bonds. The molecule has 9 nitrogen and oxygen atoms in total. The van der Waals surface area contributed by atoms with E-state index >= 15 is 0 Å². The first-order valence-electron chi connectivity index (χ1n) is 7.88. The Labute approximate surface area is 158 Å². The molecule has 2 saturated heterocycles. The summed E-state index contributed by atoms with van der Waals surface area (Å²) in [7, 11) is 1.79. The van der Waals surface area contributed by atoms with Crippen LogP contribution in [-0.2, 0) is 9.59 Å². The number of aliphatic imine (C=N–C) groups is 1. The van der Waals surface area contributed by atoms with Crippen molar-refractivity contribution in [1.29, 1.82) is 0 Å². The number of halogens is 1. The summed E-state index contributed by atoms with van der Waals surface area (Å²) in [5.74, 6) is 0.562. The molecule has 0 aromatic carbocycles. The second-order valence-electron chi connectivity index (χ2n) is 5.62. The molecule has 2 aliphatic rings. The van der Waals surface area contributed by atoms with Crippen LogP contribution in [-0.4, -0.2) is 79.4 Å². The minimum absolute atomic E-state index is 0. The molecule has 136 valence electrons. The average Bonchev–Trinajstić information content (AvgIpc) is 2.83. The normalized spacial score (nSPS) is 21.5. The Bertz CT molecular complexity index is 497. The van der Waals surface area contributed by atoms with Gasteiger partial charge in [-0.05, 0) is 13.3 Å². The number of imide groups is 1. The summed E-state index contributed by atoms with van der Waals surface area (Å²) in [5.41, 5.74) is 0. The van der Waals surface area contributed by atoms with Gasteiger partial charge in [-0.25, -0.2) is 4.79 Å². The number of hydrogen-bond donors (Lipinski definition) is 3. The van der Waals surface area contributed by atoms with Crippen molar-refractivity contribution in [2.45, 2.75) is 25.8 Å². The van der Waals surface area contributed by atoms with Crippen LogP contribution in [0.15, 0.2) is 4.99 Å². The molecule has 2 heterocycles. The third-order valence-corrected chi connectivity index (χ3v) is 3.84. The maximum Gasteiger partial charge on any atom is 0.324 e. The second-order valence-corrected chi connectivity index (χ2v) is 5.62. The first-order valence-corrected chi connectivity index (χ1v) is 7.88. The number of guanidine groups is 1. The highest BCUT2D eigenvalue weighted by molar-refractivity contribution is 14.0. The van der Waals surface area contributed by atoms with Gasteiger partial charge in [-0.1, -0.05) is 0 Å². The molecule has 0 saturated carbocycles. The summed E-state index contributed by atoms with van der Waals surface area (Å²) in [4.78, 5) is 41.7. The van der Waals surface area contributed by atoms with Gasteiger partial charge in [0.1, 0.15) is 0 Å². The standard InChI is InChI=1S/C14H24N6O3.HI/c1-3-15-13(18-10-4-5-11(21)19(2)9-10)16-6-7-20-12(22)8-17-14(20)23;/h10H,3-9H2,1-2H3,(H,17,23)(H2,15,16,18);1H. The van der Waals surface area contributed by atoms with E-state index < -0.39 is 0 Å². The van der Waals surface area contributed by atoms with E-state index in [0.717, 1.165) is 6.42 Å². The predicted octanol–water partition coefficient (Wildman–Crippen LogP) is -0.668. The monoisotopic (exact) mass is 452 g/mol. The molecular formula is C14H25IN6O3. The Morgan fingerprint density at radius 3 is 2.67 bits per heavy atom. The van der Waals surface area contributed by atoms with E-state index in [1.807, 2.05) is 6.92 Å². The fourth-order valence-electron chi connectivity index (χ4n) is 2.59. The number of carbonyl (C=O) groups is 3. The minimum Gasteiger partial charge on any atom is -0.357 e. The molecular weight excluding hydrogens is 427 g/mol. The average molecular weight is 452 g/mol. The number of carbonyl (C=O) groups excluding carboxylic acids is 3. The lowest BCUT2D eigenvalue weighted by Crippen LogP contribution is -2.51. The smallest absolute Gasteiger partial charge is 0.324 e. The van der Waals surface area contributed by atoms with E-state index in [-0.39, 0.29) is 61.0 Å². The molecule has 0 spiro atoms. The molecule has 1 atom stereocenters. The second kappa shape index (κ2) is 9.64. The summed E-state index contributed by atoms with van der Waals surface area (Å²) in [6, 6.07) is -0.220. The SMILES string of the molecule is CCNC(=NCCN1C(=O)CNC1=O)NC1CCC(=O)N(C)C1.I. The van der Waals surface area contributed by atoms with Gasteiger partial charge in [0.15, 0.2) is 5.96 Å². The molecule has 3 N–H and O–H groups in total. The highest BCUT2D eigenvalue weighted by Crippen LogP contribution is 2.09. The van der Waals surface area contributed by atoms with Gasteiger partial charge in [0.25, 0.3) is 0 Å². The third-order valence-electron chi connectivity index (χ3n) is 3.84. The number of likely N-dealkylation sites (tertiary alicyclic amines) is 1. The fraction of sp³-hybridized carbons (Fsp3) is 0.714. The van der Waals surface area contributed by atoms with Gasteiger partial charge in [-0.15, -0.1) is 24.0 Å². The lowest BCUT2D eigenvalue weighted by Gasteiger charge is -2.31. The van der Waals surface area contributed by atoms with Crippen LogP contribution in [0.5, 0.6) is 0 Å². The lowest BCUT2D eigenvalue weighted by molar-refractivity contribution is -0.132. The zero-order valence-electron chi connectivity index (χ0n) is 14.0. The van der Waals surface area contributed by atoms with E-state index in [0.29, 0.717) is 32.0 Å². The van der Waals surface area contributed by atoms with Crippen LogP contribution in [0.25, 0.3) is 0 Å². The lowest BCUT2D eigenvalue weighted by atomic mass is 10.1. The van der Waals surface area contributed by atoms with Crippen molar-refractivity contribution < 1.29 is 14.4 Å². The molecule has 0 aliphatic carbocycles. The molecule has 0 radical (unpaired) electrons. The van der Waals surface area contributed by atoms with E-state index in [2.05, 4.69) is 20.9 Å². The van der Waals surface area contributed by atoms with Crippen LogP contribution < -0.4 is 16.0 Å². The minimum atomic E-state index is -0.365. The van der Waals surface area contributed by atoms with E-state index in [1.54, 1.807) is 11.9 Å². The van der Waals surface area contributed by atoms with Gasteiger partial charge >= 0.3 is 6.03 Å². The van der Waals surface area contributed by atoms with Crippen LogP contribution >= 0.6 is 24.0 Å². The topological polar surface area (TPSA) is 106 Å². The van der Waals surface area contributed by atoms with Gasteiger partial charge in [0, 0.05) is 32.6 Å². The molecule has 2 aliphatic heterocycles. The number of nitrogens with one attached hydrogen (secondary N) is 3. The van der Waals surface area contributed by atoms with Crippen LogP contribution in [0.1, 0.15) is 19.8 Å². The zero-order chi connectivity index (χ0) is 16.8. The predicted molar refractivity (Wildman–Crippen MR) is 100 cm³/mol. The Morgan fingerprint density at radius 1 is 1.33 bits per heavy atom. The summed E-state index contributed by atoms with van der Waals surface area (Å²) >= 11 is 0. The third kappa shape index (κ3) is 5.49. The molecule has 0 aromatic heterocycles. The van der Waals surface area contributed by atoms with Crippen molar-refractivity contribution >= 4 is 47.8 Å². The van der Waals surface area contributed by atoms with Crippen LogP contribution in [0.2, 0.25) is 0 Å². The van der Waals surface area contributed by atoms with Gasteiger partial charge in [0.2, 0.25) is 11.8 Å². The number of likely N-dealkylation sites (N-methyl/N-ethyl adjacent to an activating group) is 1. The molecule has 24 heavy (non-hydrogen) atoms. The summed E-state index contributed by atoms with van der Waals surface area (Å²) in [6.45, 7) is 3.95. The largest absolute Gasteiger partial charge is 0.357 e.